The average Bonchev–Trinajstić information content (AvgIpc) is 3.00. The second-order valence-electron chi connectivity index (χ2n) is 11.2. The molecule has 0 unspecified atom stereocenters. The number of nitrogens with one attached hydrogen (secondary N) is 2. The quantitative estimate of drug-likeness (QED) is 0.233. The highest BCUT2D eigenvalue weighted by Gasteiger charge is 2.32. The third-order valence-corrected chi connectivity index (χ3v) is 7.98. The van der Waals surface area contributed by atoms with Crippen LogP contribution in [0.25, 0.3) is 0 Å². The first-order chi connectivity index (χ1) is 20.7. The highest BCUT2D eigenvalue weighted by atomic mass is 19.4. The summed E-state index contributed by atoms with van der Waals surface area (Å²) < 4.78 is 44.4. The molecule has 3 aromatic rings. The van der Waals surface area contributed by atoms with E-state index in [1.165, 1.54) is 12.1 Å². The Bertz CT molecular complexity index is 1320. The van der Waals surface area contributed by atoms with Gasteiger partial charge in [-0.05, 0) is 72.9 Å². The number of likely N-dealkylation sites (tertiary alicyclic amines) is 1. The van der Waals surface area contributed by atoms with Crippen LogP contribution in [0.1, 0.15) is 47.9 Å². The van der Waals surface area contributed by atoms with Crippen LogP contribution < -0.4 is 15.4 Å². The molecule has 0 aliphatic carbocycles. The van der Waals surface area contributed by atoms with Crippen LogP contribution in [0.4, 0.5) is 13.2 Å². The van der Waals surface area contributed by atoms with Crippen LogP contribution in [0.2, 0.25) is 0 Å². The van der Waals surface area contributed by atoms with Gasteiger partial charge >= 0.3 is 6.18 Å². The van der Waals surface area contributed by atoms with E-state index in [0.717, 1.165) is 48.3 Å². The van der Waals surface area contributed by atoms with Gasteiger partial charge in [-0.2, -0.15) is 13.2 Å². The van der Waals surface area contributed by atoms with Gasteiger partial charge in [-0.3, -0.25) is 9.59 Å². The van der Waals surface area contributed by atoms with Crippen molar-refractivity contribution in [1.82, 2.24) is 15.5 Å². The van der Waals surface area contributed by atoms with E-state index in [4.69, 9.17) is 4.74 Å². The Morgan fingerprint density at radius 1 is 0.907 bits per heavy atom. The molecular weight excluding hydrogens is 555 g/mol. The fourth-order valence-electron chi connectivity index (χ4n) is 5.49. The Hall–Kier alpha value is -3.85. The second-order valence-corrected chi connectivity index (χ2v) is 11.2. The van der Waals surface area contributed by atoms with Crippen molar-refractivity contribution in [3.05, 3.63) is 101 Å². The Morgan fingerprint density at radius 3 is 2.33 bits per heavy atom. The molecule has 0 radical (unpaired) electrons. The fourth-order valence-corrected chi connectivity index (χ4v) is 5.49. The molecule has 43 heavy (non-hydrogen) atoms. The van der Waals surface area contributed by atoms with E-state index in [-0.39, 0.29) is 30.2 Å². The summed E-state index contributed by atoms with van der Waals surface area (Å²) >= 11 is 0. The summed E-state index contributed by atoms with van der Waals surface area (Å²) in [4.78, 5) is 27.8. The van der Waals surface area contributed by atoms with Crippen molar-refractivity contribution in [2.24, 2.45) is 11.8 Å². The molecule has 1 aliphatic rings. The summed E-state index contributed by atoms with van der Waals surface area (Å²) in [5, 5.41) is 6.10. The Kier molecular flexibility index (Phi) is 11.6. The van der Waals surface area contributed by atoms with Gasteiger partial charge in [0.05, 0.1) is 18.7 Å². The lowest BCUT2D eigenvalue weighted by Gasteiger charge is -2.38. The zero-order valence-electron chi connectivity index (χ0n) is 24.5. The largest absolute Gasteiger partial charge is 0.493 e. The summed E-state index contributed by atoms with van der Waals surface area (Å²) in [5.41, 5.74) is 2.10. The molecule has 9 heteroatoms. The molecule has 2 amide bonds. The predicted octanol–water partition coefficient (Wildman–Crippen LogP) is 6.13. The van der Waals surface area contributed by atoms with E-state index < -0.39 is 11.7 Å². The zero-order valence-corrected chi connectivity index (χ0v) is 24.5. The molecule has 3 aromatic carbocycles. The number of halogens is 3. The summed E-state index contributed by atoms with van der Waals surface area (Å²) in [6.07, 6.45) is -1.61. The Labute approximate surface area is 251 Å². The van der Waals surface area contributed by atoms with Gasteiger partial charge in [0.2, 0.25) is 11.8 Å². The van der Waals surface area contributed by atoms with Crippen molar-refractivity contribution in [2.45, 2.75) is 51.9 Å². The number of nitrogens with zero attached hydrogens (tertiary/aromatic N) is 1. The topological polar surface area (TPSA) is 70.7 Å². The van der Waals surface area contributed by atoms with Gasteiger partial charge in [0.15, 0.2) is 0 Å². The first kappa shape index (κ1) is 32.1. The number of benzene rings is 3. The number of hydrogen-bond donors (Lipinski definition) is 2. The third kappa shape index (κ3) is 10.1. The molecule has 0 bridgehead atoms. The molecule has 0 spiro atoms. The number of piperidine rings is 1. The van der Waals surface area contributed by atoms with Crippen LogP contribution in [0.15, 0.2) is 78.9 Å². The molecule has 0 saturated carbocycles. The molecule has 1 saturated heterocycles. The number of ether oxygens (including phenoxy) is 1. The SMILES string of the molecule is Cc1ccccc1OCCC[C@H]1CN(C(=O)CNCc2ccc(C(F)(F)F)cc2)CC[C@H]1CC(=O)NCc1ccccc1. The number of hydrogen-bond acceptors (Lipinski definition) is 4. The first-order valence-corrected chi connectivity index (χ1v) is 14.8. The molecule has 1 heterocycles. The lowest BCUT2D eigenvalue weighted by Crippen LogP contribution is -2.47. The molecule has 1 fully saturated rings. The van der Waals surface area contributed by atoms with Crippen LogP contribution in [-0.4, -0.2) is 43.0 Å². The fraction of sp³-hybridized carbons (Fsp3) is 0.412. The summed E-state index contributed by atoms with van der Waals surface area (Å²) in [6, 6.07) is 22.6. The highest BCUT2D eigenvalue weighted by molar-refractivity contribution is 5.78. The molecule has 1 aliphatic heterocycles. The van der Waals surface area contributed by atoms with Gasteiger partial charge in [-0.1, -0.05) is 60.7 Å². The molecule has 0 aromatic heterocycles. The summed E-state index contributed by atoms with van der Waals surface area (Å²) in [6.45, 7) is 4.55. The standard InChI is InChI=1S/C34H40F3N3O3/c1-25-8-5-6-12-31(25)43-19-7-11-29-24-40(18-17-28(29)20-32(41)39-22-26-9-3-2-4-10-26)33(42)23-38-21-27-13-15-30(16-14-27)34(35,36)37/h2-6,8-10,12-16,28-29,38H,7,11,17-24H2,1H3,(H,39,41)/t28-,29-/m0/s1. The highest BCUT2D eigenvalue weighted by Crippen LogP contribution is 2.31. The lowest BCUT2D eigenvalue weighted by molar-refractivity contribution is -0.137. The minimum atomic E-state index is -4.38. The molecular formula is C34H40F3N3O3. The second kappa shape index (κ2) is 15.6. The number of para-hydroxylation sites is 1. The summed E-state index contributed by atoms with van der Waals surface area (Å²) in [5.74, 6) is 1.11. The van der Waals surface area contributed by atoms with E-state index in [1.54, 1.807) is 0 Å². The number of rotatable bonds is 13. The van der Waals surface area contributed by atoms with Gasteiger partial charge in [0.25, 0.3) is 0 Å². The third-order valence-electron chi connectivity index (χ3n) is 7.98. The number of alkyl halides is 3. The van der Waals surface area contributed by atoms with Crippen molar-refractivity contribution < 1.29 is 27.5 Å². The van der Waals surface area contributed by atoms with E-state index >= 15 is 0 Å². The van der Waals surface area contributed by atoms with Gasteiger partial charge in [-0.25, -0.2) is 0 Å². The van der Waals surface area contributed by atoms with Crippen molar-refractivity contribution in [3.63, 3.8) is 0 Å². The van der Waals surface area contributed by atoms with Gasteiger partial charge < -0.3 is 20.3 Å². The molecule has 4 rings (SSSR count). The van der Waals surface area contributed by atoms with Crippen LogP contribution in [-0.2, 0) is 28.9 Å². The van der Waals surface area contributed by atoms with E-state index in [1.807, 2.05) is 66.4 Å². The van der Waals surface area contributed by atoms with Crippen LogP contribution in [0.3, 0.4) is 0 Å². The zero-order chi connectivity index (χ0) is 30.7. The molecule has 230 valence electrons. The normalized spacial score (nSPS) is 17.0. The molecule has 2 atom stereocenters. The number of amides is 2. The van der Waals surface area contributed by atoms with E-state index in [2.05, 4.69) is 10.6 Å². The van der Waals surface area contributed by atoms with Crippen molar-refractivity contribution in [1.29, 1.82) is 0 Å². The average molecular weight is 596 g/mol. The van der Waals surface area contributed by atoms with Crippen molar-refractivity contribution >= 4 is 11.8 Å². The Morgan fingerprint density at radius 2 is 1.60 bits per heavy atom. The molecule has 2 N–H and O–H groups in total. The minimum Gasteiger partial charge on any atom is -0.493 e. The minimum absolute atomic E-state index is 0.00741. The van der Waals surface area contributed by atoms with Gasteiger partial charge in [0, 0.05) is 32.6 Å². The number of carbonyl (C=O) groups excluding carboxylic acids is 2. The van der Waals surface area contributed by atoms with Crippen LogP contribution >= 0.6 is 0 Å². The smallest absolute Gasteiger partial charge is 0.416 e. The monoisotopic (exact) mass is 595 g/mol. The Balaban J connectivity index is 1.29. The maximum Gasteiger partial charge on any atom is 0.416 e. The van der Waals surface area contributed by atoms with Crippen molar-refractivity contribution in [2.75, 3.05) is 26.2 Å². The van der Waals surface area contributed by atoms with E-state index in [0.29, 0.717) is 44.8 Å². The van der Waals surface area contributed by atoms with Gasteiger partial charge in [-0.15, -0.1) is 0 Å². The van der Waals surface area contributed by atoms with Crippen molar-refractivity contribution in [3.8, 4) is 5.75 Å². The maximum atomic E-state index is 13.1. The lowest BCUT2D eigenvalue weighted by atomic mass is 9.80. The van der Waals surface area contributed by atoms with Gasteiger partial charge in [0.1, 0.15) is 5.75 Å². The maximum absolute atomic E-state index is 13.1. The number of carbonyl (C=O) groups is 2. The number of aryl methyl sites for hydroxylation is 1. The van der Waals surface area contributed by atoms with E-state index in [9.17, 15) is 22.8 Å². The predicted molar refractivity (Wildman–Crippen MR) is 160 cm³/mol. The van der Waals surface area contributed by atoms with Crippen LogP contribution in [0, 0.1) is 18.8 Å². The molecule has 6 nitrogen and oxygen atoms in total. The van der Waals surface area contributed by atoms with Crippen LogP contribution in [0.5, 0.6) is 5.75 Å². The summed E-state index contributed by atoms with van der Waals surface area (Å²) in [7, 11) is 0. The first-order valence-electron chi connectivity index (χ1n) is 14.8.